The largest absolute Gasteiger partial charge is 0.456 e. The predicted molar refractivity (Wildman–Crippen MR) is 607 cm³/mol. The summed E-state index contributed by atoms with van der Waals surface area (Å²) in [7, 11) is 0. The number of fused-ring (bicyclic) bond motifs is 18. The first-order valence-electron chi connectivity index (χ1n) is 54.7. The van der Waals surface area contributed by atoms with Gasteiger partial charge in [-0.25, -0.2) is 0 Å². The van der Waals surface area contributed by atoms with Crippen LogP contribution in [-0.4, -0.2) is 0 Å². The van der Waals surface area contributed by atoms with E-state index in [1.165, 1.54) is 262 Å². The number of furan rings is 1. The summed E-state index contributed by atoms with van der Waals surface area (Å²) in [6.45, 7) is 4.81. The van der Waals surface area contributed by atoms with Gasteiger partial charge in [-0.2, -0.15) is 0 Å². The van der Waals surface area contributed by atoms with Crippen molar-refractivity contribution in [1.29, 1.82) is 0 Å². The number of thiophene rings is 1. The number of rotatable bonds is 12. The number of benzene rings is 18. The second-order valence-corrected chi connectivity index (χ2v) is 47.5. The zero-order chi connectivity index (χ0) is 96.0. The van der Waals surface area contributed by atoms with Gasteiger partial charge in [-0.05, 0) is 381 Å². The summed E-state index contributed by atoms with van der Waals surface area (Å²) in [5.41, 5.74) is 44.8. The molecule has 20 aromatic rings. The molecule has 0 radical (unpaired) electrons. The predicted octanol–water partition coefficient (Wildman–Crippen LogP) is 38.2. The van der Waals surface area contributed by atoms with Gasteiger partial charge < -0.3 is 19.1 Å². The van der Waals surface area contributed by atoms with E-state index in [9.17, 15) is 0 Å². The second-order valence-electron chi connectivity index (χ2n) is 46.4. The molecule has 0 unspecified atom stereocenters. The Labute approximate surface area is 861 Å². The quantitative estimate of drug-likeness (QED) is 0.122. The van der Waals surface area contributed by atoms with E-state index in [0.29, 0.717) is 35.5 Å². The van der Waals surface area contributed by atoms with Crippen LogP contribution in [-0.2, 0) is 21.7 Å². The molecular weight excluding hydrogens is 1780 g/mol. The summed E-state index contributed by atoms with van der Waals surface area (Å²) in [6.07, 6.45) is 20.9. The first-order chi connectivity index (χ1) is 72.1. The molecule has 12 fully saturated rings. The molecule has 0 atom stereocenters. The molecule has 2 heterocycles. The van der Waals surface area contributed by atoms with Crippen molar-refractivity contribution >= 4 is 105 Å². The second kappa shape index (κ2) is 32.9. The maximum atomic E-state index is 6.50. The molecule has 708 valence electrons. The maximum absolute atomic E-state index is 6.50. The van der Waals surface area contributed by atoms with Crippen molar-refractivity contribution in [3.05, 3.63) is 463 Å². The molecule has 0 aliphatic heterocycles. The highest BCUT2D eigenvalue weighted by atomic mass is 32.1. The van der Waals surface area contributed by atoms with Crippen LogP contribution in [0.3, 0.4) is 0 Å². The molecule has 2 aromatic heterocycles. The number of hydrogen-bond acceptors (Lipinski definition) is 5. The Morgan fingerprint density at radius 3 is 0.925 bits per heavy atom. The van der Waals surface area contributed by atoms with E-state index in [1.807, 2.05) is 11.3 Å². The van der Waals surface area contributed by atoms with Crippen molar-refractivity contribution in [2.24, 2.45) is 71.0 Å². The molecule has 0 saturated heterocycles. The molecule has 4 nitrogen and oxygen atoms in total. The van der Waals surface area contributed by atoms with E-state index < -0.39 is 0 Å². The van der Waals surface area contributed by atoms with Gasteiger partial charge in [-0.1, -0.05) is 335 Å². The molecule has 5 heteroatoms. The van der Waals surface area contributed by atoms with E-state index in [1.54, 1.807) is 33.4 Å². The van der Waals surface area contributed by atoms with Gasteiger partial charge in [0.25, 0.3) is 0 Å². The Bertz CT molecular complexity index is 8210. The van der Waals surface area contributed by atoms with E-state index in [-0.39, 0.29) is 21.7 Å². The van der Waals surface area contributed by atoms with Crippen molar-refractivity contribution in [3.8, 4) is 77.9 Å². The van der Waals surface area contributed by atoms with Gasteiger partial charge in [0.05, 0.1) is 39.5 Å². The SMILES string of the molecule is CC1(C)c2ccccc2-c2c(N(c3ccc(-c4ccccc4)cc3)c3cccc4c3C3(c5ccccc5-4)C4CC5CC(C4)CC3C5)cccc21.c1ccc(-c2ccc(N(c3cccc4c3C3(c5ccccc5-4)C4CC5CC(C4)CC3C5)c3cccc4oc5ccccc5c34)cc2)cc1.c1ccc(-c2ccc(N(c3cccc4c3C3(c5ccccc5-4)C4CC5CC(C4)CC3C5)c3cccc4sc5ccccc5c34)cc2)cc1. The average Bonchev–Trinajstić information content (AvgIpc) is 1.47. The molecular formula is C141H117N3OS. The zero-order valence-electron chi connectivity index (χ0n) is 83.0. The van der Waals surface area contributed by atoms with Crippen molar-refractivity contribution < 1.29 is 4.42 Å². The molecule has 36 rings (SSSR count). The van der Waals surface area contributed by atoms with Gasteiger partial charge in [0.2, 0.25) is 0 Å². The number of nitrogens with zero attached hydrogens (tertiary/aromatic N) is 3. The van der Waals surface area contributed by atoms with Crippen LogP contribution in [0.2, 0.25) is 0 Å². The van der Waals surface area contributed by atoms with Crippen molar-refractivity contribution in [1.82, 2.24) is 0 Å². The van der Waals surface area contributed by atoms with Crippen LogP contribution < -0.4 is 14.7 Å². The fourth-order valence-electron chi connectivity index (χ4n) is 34.5. The van der Waals surface area contributed by atoms with E-state index >= 15 is 0 Å². The molecule has 146 heavy (non-hydrogen) atoms. The monoisotopic (exact) mass is 1900 g/mol. The minimum Gasteiger partial charge on any atom is -0.456 e. The highest BCUT2D eigenvalue weighted by molar-refractivity contribution is 7.26. The summed E-state index contributed by atoms with van der Waals surface area (Å²) in [5.74, 6) is 9.61. The standard InChI is InChI=1S/C49H43N.C46H37NO.C46H37NS/c1-48(2)41-17-8-7-15-40(41)46-43(48)19-11-20-44(46)50(37-24-22-34(23-25-37)33-12-4-3-5-13-33)45-21-10-16-39-38-14-6-9-18-42(38)49(47(39)45)35-27-31-26-32(29-35)30-36(49)28-31;2*1-2-10-31(11-3-1)32-20-22-35(23-21-32)47(40-16-9-19-43-44(40)38-13-5-7-18-42(38)48-43)41-17-8-14-37-36-12-4-6-15-39(36)46(45(37)41)33-25-29-24-30(27-33)28-34(46)26-29/h3-25,31-32,35-36H,26-30H2,1-2H3;2*1-23,29-30,33-34H,24-28H2. The van der Waals surface area contributed by atoms with Crippen LogP contribution in [0.5, 0.6) is 0 Å². The minimum absolute atomic E-state index is 0.0462. The fraction of sp³-hybridized carbons (Fsp3) is 0.234. The zero-order valence-corrected chi connectivity index (χ0v) is 83.8. The lowest BCUT2D eigenvalue weighted by Crippen LogP contribution is -2.55. The fourth-order valence-corrected chi connectivity index (χ4v) is 35.6. The maximum Gasteiger partial charge on any atom is 0.137 e. The van der Waals surface area contributed by atoms with E-state index in [2.05, 4.69) is 447 Å². The Balaban J connectivity index is 0.0000000995. The first-order valence-corrected chi connectivity index (χ1v) is 55.5. The van der Waals surface area contributed by atoms with Crippen LogP contribution in [0, 0.1) is 71.0 Å². The van der Waals surface area contributed by atoms with Crippen LogP contribution >= 0.6 is 11.3 Å². The smallest absolute Gasteiger partial charge is 0.137 e. The van der Waals surface area contributed by atoms with Crippen LogP contribution in [0.15, 0.2) is 423 Å². The molecule has 0 N–H and O–H groups in total. The lowest BCUT2D eigenvalue weighted by atomic mass is 9.43. The summed E-state index contributed by atoms with van der Waals surface area (Å²) in [6, 6.07) is 158. The Hall–Kier alpha value is -14.6. The van der Waals surface area contributed by atoms with Crippen LogP contribution in [0.4, 0.5) is 51.2 Å². The van der Waals surface area contributed by atoms with Gasteiger partial charge in [-0.3, -0.25) is 0 Å². The molecule has 3 spiro atoms. The molecule has 18 aromatic carbocycles. The van der Waals surface area contributed by atoms with Crippen molar-refractivity contribution in [2.75, 3.05) is 14.7 Å². The summed E-state index contributed by atoms with van der Waals surface area (Å²) in [4.78, 5) is 7.90. The lowest BCUT2D eigenvalue weighted by molar-refractivity contribution is -0.0397. The van der Waals surface area contributed by atoms with E-state index in [4.69, 9.17) is 4.42 Å². The highest BCUT2D eigenvalue weighted by Crippen LogP contribution is 2.76. The van der Waals surface area contributed by atoms with Gasteiger partial charge >= 0.3 is 0 Å². The van der Waals surface area contributed by atoms with Gasteiger partial charge in [0.15, 0.2) is 0 Å². The number of anilines is 9. The topological polar surface area (TPSA) is 22.9 Å². The van der Waals surface area contributed by atoms with Crippen molar-refractivity contribution in [3.63, 3.8) is 0 Å². The van der Waals surface area contributed by atoms with Crippen LogP contribution in [0.1, 0.15) is 155 Å². The Morgan fingerprint density at radius 1 is 0.212 bits per heavy atom. The third-order valence-electron chi connectivity index (χ3n) is 39.1. The lowest BCUT2D eigenvalue weighted by Gasteiger charge is -2.61. The molecule has 16 aliphatic rings. The van der Waals surface area contributed by atoms with Crippen molar-refractivity contribution in [2.45, 2.75) is 132 Å². The number of para-hydroxylation sites is 1. The Morgan fingerprint density at radius 2 is 0.500 bits per heavy atom. The molecule has 0 amide bonds. The molecule has 12 bridgehead atoms. The Kier molecular flexibility index (Phi) is 19.4. The third-order valence-corrected chi connectivity index (χ3v) is 40.3. The number of hydrogen-bond donors (Lipinski definition) is 0. The van der Waals surface area contributed by atoms with Gasteiger partial charge in [0, 0.05) is 69.8 Å². The summed E-state index contributed by atoms with van der Waals surface area (Å²) >= 11 is 1.91. The van der Waals surface area contributed by atoms with Crippen LogP contribution in [0.25, 0.3) is 120 Å². The normalized spacial score (nSPS) is 25.1. The summed E-state index contributed by atoms with van der Waals surface area (Å²) < 4.78 is 9.19. The minimum atomic E-state index is -0.0672. The summed E-state index contributed by atoms with van der Waals surface area (Å²) in [5, 5.41) is 5.04. The highest BCUT2D eigenvalue weighted by Gasteiger charge is 2.66. The average molecular weight is 1900 g/mol. The van der Waals surface area contributed by atoms with Gasteiger partial charge in [-0.15, -0.1) is 11.3 Å². The molecule has 12 saturated carbocycles. The first kappa shape index (κ1) is 85.8. The van der Waals surface area contributed by atoms with Gasteiger partial charge in [0.1, 0.15) is 11.2 Å². The third kappa shape index (κ3) is 12.5. The molecule has 16 aliphatic carbocycles. The van der Waals surface area contributed by atoms with E-state index in [0.717, 1.165) is 52.1 Å².